The van der Waals surface area contributed by atoms with E-state index in [0.717, 1.165) is 5.75 Å². The summed E-state index contributed by atoms with van der Waals surface area (Å²) in [6.07, 6.45) is 0. The van der Waals surface area contributed by atoms with Crippen LogP contribution in [0.25, 0.3) is 0 Å². The highest BCUT2D eigenvalue weighted by atomic mass is 32.2. The standard InChI is InChI=1S/C13H19FN2OS/c1-9(6-15)7-18-8-13(17)16-11-4-3-10(2)12(14)5-11/h3-5,9H,6-8,15H2,1-2H3,(H,16,17). The van der Waals surface area contributed by atoms with Gasteiger partial charge in [-0.05, 0) is 42.8 Å². The summed E-state index contributed by atoms with van der Waals surface area (Å²) in [4.78, 5) is 11.6. The highest BCUT2D eigenvalue weighted by Gasteiger charge is 2.06. The monoisotopic (exact) mass is 270 g/mol. The van der Waals surface area contributed by atoms with E-state index in [9.17, 15) is 9.18 Å². The smallest absolute Gasteiger partial charge is 0.234 e. The summed E-state index contributed by atoms with van der Waals surface area (Å²) >= 11 is 1.53. The molecule has 0 bridgehead atoms. The number of nitrogens with two attached hydrogens (primary N) is 1. The first kappa shape index (κ1) is 15.0. The normalized spacial score (nSPS) is 12.2. The number of hydrogen-bond donors (Lipinski definition) is 2. The second-order valence-electron chi connectivity index (χ2n) is 4.37. The van der Waals surface area contributed by atoms with Gasteiger partial charge in [-0.15, -0.1) is 0 Å². The molecule has 0 radical (unpaired) electrons. The fourth-order valence-electron chi connectivity index (χ4n) is 1.29. The van der Waals surface area contributed by atoms with Crippen molar-refractivity contribution >= 4 is 23.4 Å². The predicted octanol–water partition coefficient (Wildman–Crippen LogP) is 2.40. The summed E-state index contributed by atoms with van der Waals surface area (Å²) in [5.74, 6) is 1.19. The Balaban J connectivity index is 2.38. The van der Waals surface area contributed by atoms with Gasteiger partial charge in [0, 0.05) is 5.69 Å². The van der Waals surface area contributed by atoms with Crippen LogP contribution in [0.5, 0.6) is 0 Å². The van der Waals surface area contributed by atoms with Gasteiger partial charge in [0.25, 0.3) is 0 Å². The number of halogens is 1. The third-order valence-corrected chi connectivity index (χ3v) is 3.76. The summed E-state index contributed by atoms with van der Waals surface area (Å²) in [5, 5.41) is 2.67. The maximum Gasteiger partial charge on any atom is 0.234 e. The van der Waals surface area contributed by atoms with Crippen molar-refractivity contribution in [2.24, 2.45) is 11.7 Å². The number of anilines is 1. The molecule has 0 fully saturated rings. The van der Waals surface area contributed by atoms with Crippen molar-refractivity contribution in [3.05, 3.63) is 29.6 Å². The van der Waals surface area contributed by atoms with Crippen molar-refractivity contribution in [2.75, 3.05) is 23.4 Å². The zero-order valence-corrected chi connectivity index (χ0v) is 11.5. The maximum absolute atomic E-state index is 13.3. The molecule has 1 unspecified atom stereocenters. The van der Waals surface area contributed by atoms with Crippen molar-refractivity contribution in [1.82, 2.24) is 0 Å². The van der Waals surface area contributed by atoms with E-state index in [-0.39, 0.29) is 11.7 Å². The van der Waals surface area contributed by atoms with Crippen LogP contribution in [-0.4, -0.2) is 24.0 Å². The van der Waals surface area contributed by atoms with Gasteiger partial charge in [-0.25, -0.2) is 4.39 Å². The number of amides is 1. The highest BCUT2D eigenvalue weighted by Crippen LogP contribution is 2.14. The van der Waals surface area contributed by atoms with Crippen molar-refractivity contribution in [3.63, 3.8) is 0 Å². The molecule has 0 aliphatic carbocycles. The molecular formula is C13H19FN2OS. The molecule has 1 aromatic carbocycles. The van der Waals surface area contributed by atoms with E-state index in [1.54, 1.807) is 19.1 Å². The molecule has 18 heavy (non-hydrogen) atoms. The minimum Gasteiger partial charge on any atom is -0.330 e. The second-order valence-corrected chi connectivity index (χ2v) is 5.40. The topological polar surface area (TPSA) is 55.1 Å². The van der Waals surface area contributed by atoms with E-state index < -0.39 is 0 Å². The average molecular weight is 270 g/mol. The van der Waals surface area contributed by atoms with E-state index in [0.29, 0.717) is 29.5 Å². The first-order valence-electron chi connectivity index (χ1n) is 5.86. The Hall–Kier alpha value is -1.07. The summed E-state index contributed by atoms with van der Waals surface area (Å²) in [5.41, 5.74) is 6.55. The van der Waals surface area contributed by atoms with Crippen LogP contribution in [0.2, 0.25) is 0 Å². The van der Waals surface area contributed by atoms with Crippen LogP contribution in [0.3, 0.4) is 0 Å². The third kappa shape index (κ3) is 5.06. The average Bonchev–Trinajstić information content (AvgIpc) is 2.33. The molecule has 0 aliphatic heterocycles. The molecule has 0 spiro atoms. The Morgan fingerprint density at radius 2 is 2.28 bits per heavy atom. The Kier molecular flexibility index (Phi) is 6.15. The number of benzene rings is 1. The van der Waals surface area contributed by atoms with Gasteiger partial charge in [0.2, 0.25) is 5.91 Å². The van der Waals surface area contributed by atoms with Gasteiger partial charge in [-0.2, -0.15) is 11.8 Å². The van der Waals surface area contributed by atoms with Crippen molar-refractivity contribution in [2.45, 2.75) is 13.8 Å². The van der Waals surface area contributed by atoms with E-state index in [1.807, 2.05) is 6.92 Å². The Morgan fingerprint density at radius 3 is 2.89 bits per heavy atom. The molecule has 100 valence electrons. The molecule has 1 amide bonds. The lowest BCUT2D eigenvalue weighted by molar-refractivity contribution is -0.113. The number of nitrogens with one attached hydrogen (secondary N) is 1. The molecule has 0 aromatic heterocycles. The van der Waals surface area contributed by atoms with E-state index >= 15 is 0 Å². The molecule has 0 heterocycles. The van der Waals surface area contributed by atoms with Crippen LogP contribution < -0.4 is 11.1 Å². The SMILES string of the molecule is Cc1ccc(NC(=O)CSCC(C)CN)cc1F. The van der Waals surface area contributed by atoms with Crippen molar-refractivity contribution in [1.29, 1.82) is 0 Å². The van der Waals surface area contributed by atoms with E-state index in [1.165, 1.54) is 17.8 Å². The molecule has 1 rings (SSSR count). The molecule has 5 heteroatoms. The zero-order valence-electron chi connectivity index (χ0n) is 10.7. The summed E-state index contributed by atoms with van der Waals surface area (Å²) in [6.45, 7) is 4.35. The summed E-state index contributed by atoms with van der Waals surface area (Å²) in [7, 11) is 0. The Labute approximate surface area is 111 Å². The minimum atomic E-state index is -0.308. The molecule has 3 N–H and O–H groups in total. The predicted molar refractivity (Wildman–Crippen MR) is 75.3 cm³/mol. The van der Waals surface area contributed by atoms with Crippen LogP contribution in [0.1, 0.15) is 12.5 Å². The number of rotatable bonds is 6. The fourth-order valence-corrected chi connectivity index (χ4v) is 2.20. The Bertz CT molecular complexity index is 412. The van der Waals surface area contributed by atoms with E-state index in [4.69, 9.17) is 5.73 Å². The lowest BCUT2D eigenvalue weighted by Crippen LogP contribution is -2.17. The van der Waals surface area contributed by atoms with Gasteiger partial charge in [-0.1, -0.05) is 13.0 Å². The van der Waals surface area contributed by atoms with Gasteiger partial charge < -0.3 is 11.1 Å². The number of carbonyl (C=O) groups is 1. The molecule has 0 saturated heterocycles. The van der Waals surface area contributed by atoms with Crippen LogP contribution in [-0.2, 0) is 4.79 Å². The van der Waals surface area contributed by atoms with Gasteiger partial charge in [0.05, 0.1) is 5.75 Å². The van der Waals surface area contributed by atoms with Crippen molar-refractivity contribution in [3.8, 4) is 0 Å². The first-order chi connectivity index (χ1) is 8.52. The largest absolute Gasteiger partial charge is 0.330 e. The van der Waals surface area contributed by atoms with Crippen LogP contribution in [0.15, 0.2) is 18.2 Å². The number of carbonyl (C=O) groups excluding carboxylic acids is 1. The lowest BCUT2D eigenvalue weighted by Gasteiger charge is -2.08. The number of hydrogen-bond acceptors (Lipinski definition) is 3. The van der Waals surface area contributed by atoms with Crippen LogP contribution in [0.4, 0.5) is 10.1 Å². The van der Waals surface area contributed by atoms with Gasteiger partial charge in [0.1, 0.15) is 5.82 Å². The zero-order chi connectivity index (χ0) is 13.5. The van der Waals surface area contributed by atoms with Crippen molar-refractivity contribution < 1.29 is 9.18 Å². The summed E-state index contributed by atoms with van der Waals surface area (Å²) < 4.78 is 13.3. The van der Waals surface area contributed by atoms with Gasteiger partial charge in [0.15, 0.2) is 0 Å². The molecule has 3 nitrogen and oxygen atoms in total. The fraction of sp³-hybridized carbons (Fsp3) is 0.462. The maximum atomic E-state index is 13.3. The second kappa shape index (κ2) is 7.38. The summed E-state index contributed by atoms with van der Waals surface area (Å²) in [6, 6.07) is 4.68. The van der Waals surface area contributed by atoms with Crippen LogP contribution >= 0.6 is 11.8 Å². The molecular weight excluding hydrogens is 251 g/mol. The van der Waals surface area contributed by atoms with Crippen LogP contribution in [0, 0.1) is 18.7 Å². The lowest BCUT2D eigenvalue weighted by atomic mass is 10.2. The molecule has 0 saturated carbocycles. The highest BCUT2D eigenvalue weighted by molar-refractivity contribution is 7.99. The van der Waals surface area contributed by atoms with Gasteiger partial charge in [-0.3, -0.25) is 4.79 Å². The minimum absolute atomic E-state index is 0.118. The third-order valence-electron chi connectivity index (χ3n) is 2.49. The number of aryl methyl sites for hydroxylation is 1. The molecule has 1 aromatic rings. The Morgan fingerprint density at radius 1 is 1.56 bits per heavy atom. The molecule has 0 aliphatic rings. The number of thioether (sulfide) groups is 1. The quantitative estimate of drug-likeness (QED) is 0.834. The van der Waals surface area contributed by atoms with Gasteiger partial charge >= 0.3 is 0 Å². The molecule has 1 atom stereocenters. The first-order valence-corrected chi connectivity index (χ1v) is 7.02. The van der Waals surface area contributed by atoms with E-state index in [2.05, 4.69) is 5.32 Å².